The number of ether oxygens (including phenoxy) is 1. The largest absolute Gasteiger partial charge is 0.379 e. The van der Waals surface area contributed by atoms with Crippen LogP contribution >= 0.6 is 11.8 Å². The topological polar surface area (TPSA) is 114 Å². The van der Waals surface area contributed by atoms with Crippen LogP contribution in [0.1, 0.15) is 27.5 Å². The van der Waals surface area contributed by atoms with Crippen molar-refractivity contribution in [3.63, 3.8) is 0 Å². The Kier molecular flexibility index (Phi) is 8.45. The van der Waals surface area contributed by atoms with E-state index in [1.807, 2.05) is 6.92 Å². The number of carbonyl (C=O) groups is 2. The van der Waals surface area contributed by atoms with Crippen LogP contribution in [0.4, 0.5) is 5.69 Å². The lowest BCUT2D eigenvalue weighted by Crippen LogP contribution is -2.43. The molecule has 0 aliphatic carbocycles. The minimum Gasteiger partial charge on any atom is -0.379 e. The second-order valence-electron chi connectivity index (χ2n) is 8.35. The van der Waals surface area contributed by atoms with E-state index in [2.05, 4.69) is 55.3 Å². The second kappa shape index (κ2) is 11.9. The van der Waals surface area contributed by atoms with Gasteiger partial charge in [0.05, 0.1) is 25.0 Å². The molecule has 1 atom stereocenters. The number of anilines is 1. The molecule has 2 aromatic carbocycles. The molecule has 2 N–H and O–H groups in total. The van der Waals surface area contributed by atoms with Gasteiger partial charge in [-0.3, -0.25) is 14.5 Å². The van der Waals surface area contributed by atoms with E-state index in [0.29, 0.717) is 36.2 Å². The summed E-state index contributed by atoms with van der Waals surface area (Å²) in [5, 5.41) is 17.7. The van der Waals surface area contributed by atoms with Gasteiger partial charge < -0.3 is 15.4 Å². The van der Waals surface area contributed by atoms with E-state index >= 15 is 0 Å². The molecule has 0 saturated carbocycles. The number of thioether (sulfide) groups is 1. The summed E-state index contributed by atoms with van der Waals surface area (Å²) in [6.07, 6.45) is 0. The van der Waals surface area contributed by atoms with E-state index in [9.17, 15) is 9.59 Å². The fourth-order valence-electron chi connectivity index (χ4n) is 3.69. The Labute approximate surface area is 208 Å². The van der Waals surface area contributed by atoms with Crippen LogP contribution in [0.3, 0.4) is 0 Å². The Bertz CT molecular complexity index is 1130. The number of hydrogen-bond donors (Lipinski definition) is 2. The number of morpholine rings is 1. The molecule has 4 rings (SSSR count). The van der Waals surface area contributed by atoms with Gasteiger partial charge in [0.15, 0.2) is 0 Å². The number of aromatic nitrogens is 4. The number of hydrogen-bond acceptors (Lipinski definition) is 8. The van der Waals surface area contributed by atoms with Gasteiger partial charge in [-0.1, -0.05) is 41.6 Å². The number of tetrazole rings is 1. The molecule has 0 radical (unpaired) electrons. The Morgan fingerprint density at radius 2 is 1.80 bits per heavy atom. The summed E-state index contributed by atoms with van der Waals surface area (Å²) in [6, 6.07) is 15.0. The number of carbonyl (C=O) groups excluding carboxylic acids is 2. The predicted octanol–water partition coefficient (Wildman–Crippen LogP) is 2.05. The summed E-state index contributed by atoms with van der Waals surface area (Å²) >= 11 is 1.25. The molecule has 0 unspecified atom stereocenters. The minimum atomic E-state index is -0.180. The lowest BCUT2D eigenvalue weighted by molar-refractivity contribution is -0.113. The fraction of sp³-hybridized carbons (Fsp3) is 0.375. The fourth-order valence-corrected chi connectivity index (χ4v) is 4.34. The van der Waals surface area contributed by atoms with E-state index in [-0.39, 0.29) is 23.6 Å². The highest BCUT2D eigenvalue weighted by atomic mass is 32.2. The summed E-state index contributed by atoms with van der Waals surface area (Å²) in [6.45, 7) is 5.86. The van der Waals surface area contributed by atoms with Crippen molar-refractivity contribution in [2.24, 2.45) is 7.05 Å². The molecule has 1 fully saturated rings. The van der Waals surface area contributed by atoms with Gasteiger partial charge in [0.2, 0.25) is 11.1 Å². The Morgan fingerprint density at radius 1 is 1.09 bits per heavy atom. The van der Waals surface area contributed by atoms with Crippen LogP contribution in [0.5, 0.6) is 0 Å². The molecule has 35 heavy (non-hydrogen) atoms. The first kappa shape index (κ1) is 24.8. The van der Waals surface area contributed by atoms with Crippen LogP contribution in [0.15, 0.2) is 53.7 Å². The Morgan fingerprint density at radius 3 is 2.46 bits per heavy atom. The highest BCUT2D eigenvalue weighted by Gasteiger charge is 2.21. The van der Waals surface area contributed by atoms with Crippen molar-refractivity contribution in [3.05, 3.63) is 65.2 Å². The molecular weight excluding hydrogens is 466 g/mol. The summed E-state index contributed by atoms with van der Waals surface area (Å²) in [5.41, 5.74) is 3.39. The lowest BCUT2D eigenvalue weighted by atomic mass is 10.0. The second-order valence-corrected chi connectivity index (χ2v) is 9.29. The van der Waals surface area contributed by atoms with Crippen molar-refractivity contribution in [2.75, 3.05) is 43.9 Å². The van der Waals surface area contributed by atoms with Crippen molar-refractivity contribution in [1.82, 2.24) is 30.4 Å². The Balaban J connectivity index is 1.36. The molecule has 1 aliphatic heterocycles. The summed E-state index contributed by atoms with van der Waals surface area (Å²) in [7, 11) is 1.72. The quantitative estimate of drug-likeness (QED) is 0.434. The average molecular weight is 496 g/mol. The minimum absolute atomic E-state index is 0.146. The zero-order chi connectivity index (χ0) is 24.6. The van der Waals surface area contributed by atoms with Gasteiger partial charge in [0.25, 0.3) is 5.91 Å². The number of benzene rings is 2. The summed E-state index contributed by atoms with van der Waals surface area (Å²) < 4.78 is 6.97. The number of aryl methyl sites for hydroxylation is 2. The van der Waals surface area contributed by atoms with E-state index in [0.717, 1.165) is 18.7 Å². The van der Waals surface area contributed by atoms with Crippen molar-refractivity contribution >= 4 is 29.3 Å². The normalized spacial score (nSPS) is 14.9. The van der Waals surface area contributed by atoms with Crippen molar-refractivity contribution in [1.29, 1.82) is 0 Å². The van der Waals surface area contributed by atoms with Crippen LogP contribution < -0.4 is 10.6 Å². The first-order chi connectivity index (χ1) is 17.0. The van der Waals surface area contributed by atoms with Gasteiger partial charge in [-0.25, -0.2) is 4.68 Å². The van der Waals surface area contributed by atoms with Crippen LogP contribution in [-0.2, 0) is 16.6 Å². The Hall–Kier alpha value is -3.28. The molecule has 11 heteroatoms. The third-order valence-electron chi connectivity index (χ3n) is 5.67. The SMILES string of the molecule is Cc1ccc([C@@H](CN2CCOCC2)NC(=O)c2ccc(NC(=O)CSc3nnnn3C)cc2)cc1. The number of rotatable bonds is 9. The van der Waals surface area contributed by atoms with Crippen molar-refractivity contribution < 1.29 is 14.3 Å². The highest BCUT2D eigenvalue weighted by molar-refractivity contribution is 7.99. The van der Waals surface area contributed by atoms with Crippen molar-refractivity contribution in [3.8, 4) is 0 Å². The van der Waals surface area contributed by atoms with E-state index in [1.54, 1.807) is 31.3 Å². The molecule has 184 valence electrons. The zero-order valence-electron chi connectivity index (χ0n) is 19.8. The standard InChI is InChI=1S/C24H29N7O3S/c1-17-3-5-18(6-4-17)21(15-31-11-13-34-14-12-31)26-23(33)19-7-9-20(10-8-19)25-22(32)16-35-24-27-28-29-30(24)2/h3-10,21H,11-16H2,1-2H3,(H,25,32)(H,26,33)/t21-/m1/s1. The maximum absolute atomic E-state index is 13.1. The summed E-state index contributed by atoms with van der Waals surface area (Å²) in [4.78, 5) is 27.6. The van der Waals surface area contributed by atoms with Crippen LogP contribution in [0.2, 0.25) is 0 Å². The van der Waals surface area contributed by atoms with Gasteiger partial charge in [0, 0.05) is 37.9 Å². The lowest BCUT2D eigenvalue weighted by Gasteiger charge is -2.31. The summed E-state index contributed by atoms with van der Waals surface area (Å²) in [5.74, 6) is -0.164. The molecule has 1 aliphatic rings. The number of nitrogens with one attached hydrogen (secondary N) is 2. The van der Waals surface area contributed by atoms with Gasteiger partial charge in [-0.05, 0) is 47.2 Å². The molecule has 10 nitrogen and oxygen atoms in total. The first-order valence-electron chi connectivity index (χ1n) is 11.4. The molecule has 0 bridgehead atoms. The van der Waals surface area contributed by atoms with Crippen LogP contribution in [-0.4, -0.2) is 75.5 Å². The maximum atomic E-state index is 13.1. The number of nitrogens with zero attached hydrogens (tertiary/aromatic N) is 5. The molecule has 2 amide bonds. The molecule has 1 aromatic heterocycles. The third kappa shape index (κ3) is 7.10. The average Bonchev–Trinajstić information content (AvgIpc) is 3.28. The first-order valence-corrected chi connectivity index (χ1v) is 12.4. The number of amides is 2. The maximum Gasteiger partial charge on any atom is 0.251 e. The molecule has 1 saturated heterocycles. The predicted molar refractivity (Wildman–Crippen MR) is 133 cm³/mol. The smallest absolute Gasteiger partial charge is 0.251 e. The van der Waals surface area contributed by atoms with Gasteiger partial charge in [0.1, 0.15) is 0 Å². The molecule has 2 heterocycles. The molecule has 3 aromatic rings. The third-order valence-corrected chi connectivity index (χ3v) is 6.68. The highest BCUT2D eigenvalue weighted by Crippen LogP contribution is 2.19. The van der Waals surface area contributed by atoms with Gasteiger partial charge >= 0.3 is 0 Å². The monoisotopic (exact) mass is 495 g/mol. The van der Waals surface area contributed by atoms with Gasteiger partial charge in [-0.2, -0.15) is 0 Å². The van der Waals surface area contributed by atoms with E-state index < -0.39 is 0 Å². The van der Waals surface area contributed by atoms with Crippen molar-refractivity contribution in [2.45, 2.75) is 18.1 Å². The van der Waals surface area contributed by atoms with Crippen LogP contribution in [0.25, 0.3) is 0 Å². The zero-order valence-corrected chi connectivity index (χ0v) is 20.6. The van der Waals surface area contributed by atoms with Gasteiger partial charge in [-0.15, -0.1) is 5.10 Å². The van der Waals surface area contributed by atoms with E-state index in [4.69, 9.17) is 4.74 Å². The van der Waals surface area contributed by atoms with E-state index in [1.165, 1.54) is 22.0 Å². The molecular formula is C24H29N7O3S. The molecule has 0 spiro atoms. The van der Waals surface area contributed by atoms with Crippen LogP contribution in [0, 0.1) is 6.92 Å².